The van der Waals surface area contributed by atoms with E-state index in [1.165, 1.54) is 45.6 Å². The topological polar surface area (TPSA) is 6.48 Å². The number of hydrogen-bond donors (Lipinski definition) is 0. The Labute approximate surface area is 82.9 Å². The van der Waals surface area contributed by atoms with E-state index in [1.807, 2.05) is 0 Å². The van der Waals surface area contributed by atoms with Gasteiger partial charge in [-0.2, -0.15) is 0 Å². The summed E-state index contributed by atoms with van der Waals surface area (Å²) in [5, 5.41) is 0. The fourth-order valence-electron chi connectivity index (χ4n) is 2.25. The molecule has 0 atom stereocenters. The van der Waals surface area contributed by atoms with Crippen LogP contribution < -0.4 is 0 Å². The van der Waals surface area contributed by atoms with Crippen LogP contribution in [0.1, 0.15) is 33.6 Å². The van der Waals surface area contributed by atoms with Crippen LogP contribution >= 0.6 is 0 Å². The SMILES string of the molecule is CCC(CC)N1CCN(CC)CC1. The van der Waals surface area contributed by atoms with E-state index in [1.54, 1.807) is 0 Å². The van der Waals surface area contributed by atoms with Gasteiger partial charge >= 0.3 is 0 Å². The molecule has 2 heteroatoms. The Morgan fingerprint density at radius 2 is 1.46 bits per heavy atom. The number of rotatable bonds is 4. The van der Waals surface area contributed by atoms with Crippen LogP contribution in [0.2, 0.25) is 0 Å². The molecule has 2 nitrogen and oxygen atoms in total. The van der Waals surface area contributed by atoms with Gasteiger partial charge in [-0.1, -0.05) is 20.8 Å². The number of nitrogens with zero attached hydrogens (tertiary/aromatic N) is 2. The molecule has 1 fully saturated rings. The van der Waals surface area contributed by atoms with E-state index in [4.69, 9.17) is 0 Å². The molecule has 1 heterocycles. The van der Waals surface area contributed by atoms with Gasteiger partial charge in [-0.25, -0.2) is 0 Å². The first-order valence-corrected chi connectivity index (χ1v) is 5.78. The lowest BCUT2D eigenvalue weighted by Crippen LogP contribution is -2.49. The third-order valence-electron chi connectivity index (χ3n) is 3.31. The van der Waals surface area contributed by atoms with Crippen LogP contribution in [0.15, 0.2) is 0 Å². The Balaban J connectivity index is 2.30. The largest absolute Gasteiger partial charge is 0.301 e. The van der Waals surface area contributed by atoms with Crippen LogP contribution in [0.3, 0.4) is 0 Å². The molecule has 13 heavy (non-hydrogen) atoms. The second-order valence-electron chi connectivity index (χ2n) is 3.94. The third kappa shape index (κ3) is 2.96. The number of piperazine rings is 1. The molecule has 0 unspecified atom stereocenters. The standard InChI is InChI=1S/C11H24N2/c1-4-11(5-2)13-9-7-12(6-3)8-10-13/h11H,4-10H2,1-3H3. The summed E-state index contributed by atoms with van der Waals surface area (Å²) in [7, 11) is 0. The molecule has 0 saturated carbocycles. The molecule has 78 valence electrons. The minimum atomic E-state index is 0.832. The zero-order chi connectivity index (χ0) is 9.68. The van der Waals surface area contributed by atoms with Gasteiger partial charge in [0.15, 0.2) is 0 Å². The van der Waals surface area contributed by atoms with Crippen molar-refractivity contribution < 1.29 is 0 Å². The Bertz CT molecular complexity index is 124. The van der Waals surface area contributed by atoms with Gasteiger partial charge in [0.25, 0.3) is 0 Å². The van der Waals surface area contributed by atoms with Crippen LogP contribution in [0.5, 0.6) is 0 Å². The molecule has 0 N–H and O–H groups in total. The maximum absolute atomic E-state index is 2.66. The number of likely N-dealkylation sites (N-methyl/N-ethyl adjacent to an activating group) is 1. The van der Waals surface area contributed by atoms with Crippen LogP contribution in [-0.4, -0.2) is 48.6 Å². The molecular formula is C11H24N2. The Hall–Kier alpha value is -0.0800. The lowest BCUT2D eigenvalue weighted by atomic mass is 10.1. The zero-order valence-corrected chi connectivity index (χ0v) is 9.42. The lowest BCUT2D eigenvalue weighted by Gasteiger charge is -2.38. The summed E-state index contributed by atoms with van der Waals surface area (Å²) in [6.45, 7) is 13.2. The second-order valence-corrected chi connectivity index (χ2v) is 3.94. The molecule has 0 bridgehead atoms. The van der Waals surface area contributed by atoms with Crippen molar-refractivity contribution in [2.75, 3.05) is 32.7 Å². The summed E-state index contributed by atoms with van der Waals surface area (Å²) in [6, 6.07) is 0.832. The fraction of sp³-hybridized carbons (Fsp3) is 1.00. The summed E-state index contributed by atoms with van der Waals surface area (Å²) in [4.78, 5) is 5.20. The highest BCUT2D eigenvalue weighted by Gasteiger charge is 2.20. The molecule has 1 rings (SSSR count). The molecule has 0 aliphatic carbocycles. The molecule has 0 amide bonds. The lowest BCUT2D eigenvalue weighted by molar-refractivity contribution is 0.0953. The summed E-state index contributed by atoms with van der Waals surface area (Å²) >= 11 is 0. The van der Waals surface area contributed by atoms with Gasteiger partial charge in [0, 0.05) is 32.2 Å². The van der Waals surface area contributed by atoms with Gasteiger partial charge in [-0.15, -0.1) is 0 Å². The van der Waals surface area contributed by atoms with E-state index < -0.39 is 0 Å². The van der Waals surface area contributed by atoms with Crippen molar-refractivity contribution in [1.29, 1.82) is 0 Å². The average Bonchev–Trinajstić information content (AvgIpc) is 2.21. The third-order valence-corrected chi connectivity index (χ3v) is 3.31. The molecule has 0 aromatic rings. The first-order chi connectivity index (χ1) is 6.31. The molecular weight excluding hydrogens is 160 g/mol. The normalized spacial score (nSPS) is 21.2. The Morgan fingerprint density at radius 1 is 0.923 bits per heavy atom. The van der Waals surface area contributed by atoms with E-state index in [2.05, 4.69) is 30.6 Å². The second kappa shape index (κ2) is 5.61. The van der Waals surface area contributed by atoms with E-state index in [9.17, 15) is 0 Å². The van der Waals surface area contributed by atoms with Crippen molar-refractivity contribution >= 4 is 0 Å². The monoisotopic (exact) mass is 184 g/mol. The average molecular weight is 184 g/mol. The van der Waals surface area contributed by atoms with Crippen molar-refractivity contribution in [3.63, 3.8) is 0 Å². The van der Waals surface area contributed by atoms with Gasteiger partial charge < -0.3 is 4.90 Å². The summed E-state index contributed by atoms with van der Waals surface area (Å²) in [6.07, 6.45) is 2.62. The first-order valence-electron chi connectivity index (χ1n) is 5.78. The summed E-state index contributed by atoms with van der Waals surface area (Å²) in [5.41, 5.74) is 0. The molecule has 0 spiro atoms. The van der Waals surface area contributed by atoms with Crippen molar-refractivity contribution in [2.24, 2.45) is 0 Å². The van der Waals surface area contributed by atoms with E-state index in [0.717, 1.165) is 6.04 Å². The highest BCUT2D eigenvalue weighted by atomic mass is 15.3. The summed E-state index contributed by atoms with van der Waals surface area (Å²) in [5.74, 6) is 0. The highest BCUT2D eigenvalue weighted by Crippen LogP contribution is 2.11. The Kier molecular flexibility index (Phi) is 4.74. The van der Waals surface area contributed by atoms with Gasteiger partial charge in [-0.05, 0) is 19.4 Å². The molecule has 0 radical (unpaired) electrons. The van der Waals surface area contributed by atoms with Crippen molar-refractivity contribution in [3.8, 4) is 0 Å². The summed E-state index contributed by atoms with van der Waals surface area (Å²) < 4.78 is 0. The van der Waals surface area contributed by atoms with Crippen LogP contribution in [0.4, 0.5) is 0 Å². The Morgan fingerprint density at radius 3 is 1.85 bits per heavy atom. The number of hydrogen-bond acceptors (Lipinski definition) is 2. The smallest absolute Gasteiger partial charge is 0.0113 e. The fourth-order valence-corrected chi connectivity index (χ4v) is 2.25. The predicted octanol–water partition coefficient (Wildman–Crippen LogP) is 1.81. The van der Waals surface area contributed by atoms with Crippen LogP contribution in [-0.2, 0) is 0 Å². The van der Waals surface area contributed by atoms with Gasteiger partial charge in [0.1, 0.15) is 0 Å². The van der Waals surface area contributed by atoms with E-state index in [0.29, 0.717) is 0 Å². The molecule has 1 saturated heterocycles. The van der Waals surface area contributed by atoms with Crippen molar-refractivity contribution in [1.82, 2.24) is 9.80 Å². The van der Waals surface area contributed by atoms with Crippen molar-refractivity contribution in [2.45, 2.75) is 39.7 Å². The maximum Gasteiger partial charge on any atom is 0.0113 e. The van der Waals surface area contributed by atoms with E-state index in [-0.39, 0.29) is 0 Å². The van der Waals surface area contributed by atoms with Crippen molar-refractivity contribution in [3.05, 3.63) is 0 Å². The van der Waals surface area contributed by atoms with Gasteiger partial charge in [0.05, 0.1) is 0 Å². The molecule has 1 aliphatic heterocycles. The first kappa shape index (κ1) is 11.0. The van der Waals surface area contributed by atoms with E-state index >= 15 is 0 Å². The maximum atomic E-state index is 2.66. The zero-order valence-electron chi connectivity index (χ0n) is 9.42. The minimum Gasteiger partial charge on any atom is -0.301 e. The van der Waals surface area contributed by atoms with Gasteiger partial charge in [-0.3, -0.25) is 4.90 Å². The highest BCUT2D eigenvalue weighted by molar-refractivity contribution is 4.76. The van der Waals surface area contributed by atoms with Crippen LogP contribution in [0, 0.1) is 0 Å². The molecule has 1 aliphatic rings. The van der Waals surface area contributed by atoms with Crippen LogP contribution in [0.25, 0.3) is 0 Å². The molecule has 0 aromatic carbocycles. The predicted molar refractivity (Wildman–Crippen MR) is 58.1 cm³/mol. The van der Waals surface area contributed by atoms with Gasteiger partial charge in [0.2, 0.25) is 0 Å². The minimum absolute atomic E-state index is 0.832. The molecule has 0 aromatic heterocycles. The quantitative estimate of drug-likeness (QED) is 0.657.